The smallest absolute Gasteiger partial charge is 0.215 e. The molecule has 0 aliphatic carbocycles. The van der Waals surface area contributed by atoms with Crippen molar-refractivity contribution >= 4 is 28.9 Å². The Balaban J connectivity index is 1.21. The van der Waals surface area contributed by atoms with E-state index in [4.69, 9.17) is 43.1 Å². The summed E-state index contributed by atoms with van der Waals surface area (Å²) in [6, 6.07) is 13.6. The van der Waals surface area contributed by atoms with E-state index in [0.717, 1.165) is 44.0 Å². The highest BCUT2D eigenvalue weighted by Gasteiger charge is 2.45. The van der Waals surface area contributed by atoms with Gasteiger partial charge in [0.1, 0.15) is 18.5 Å². The number of piperazine rings is 1. The predicted octanol–water partition coefficient (Wildman–Crippen LogP) is 3.62. The maximum atomic E-state index is 6.55. The van der Waals surface area contributed by atoms with Gasteiger partial charge in [0.15, 0.2) is 0 Å². The van der Waals surface area contributed by atoms with Gasteiger partial charge in [-0.1, -0.05) is 29.3 Å². The largest absolute Gasteiger partial charge is 0.491 e. The number of imidazole rings is 1. The molecule has 0 spiro atoms. The van der Waals surface area contributed by atoms with Gasteiger partial charge in [-0.2, -0.15) is 0 Å². The van der Waals surface area contributed by atoms with Crippen molar-refractivity contribution < 1.29 is 14.2 Å². The molecule has 0 radical (unpaired) electrons. The second-order valence-corrected chi connectivity index (χ2v) is 9.93. The van der Waals surface area contributed by atoms with Crippen LogP contribution in [0.5, 0.6) is 5.75 Å². The molecule has 2 N–H and O–H groups in total. The third kappa shape index (κ3) is 5.80. The highest BCUT2D eigenvalue weighted by molar-refractivity contribution is 6.35. The van der Waals surface area contributed by atoms with Gasteiger partial charge in [-0.25, -0.2) is 4.98 Å². The van der Waals surface area contributed by atoms with Crippen molar-refractivity contribution in [2.45, 2.75) is 18.4 Å². The van der Waals surface area contributed by atoms with Gasteiger partial charge in [-0.05, 0) is 36.4 Å². The fourth-order valence-electron chi connectivity index (χ4n) is 4.73. The van der Waals surface area contributed by atoms with Crippen LogP contribution in [0.3, 0.4) is 0 Å². The predicted molar refractivity (Wildman–Crippen MR) is 141 cm³/mol. The average Bonchev–Trinajstić information content (AvgIpc) is 3.54. The average molecular weight is 532 g/mol. The number of aromatic nitrogens is 2. The van der Waals surface area contributed by atoms with Crippen LogP contribution in [-0.4, -0.2) is 73.0 Å². The fraction of sp³-hybridized carbons (Fsp3) is 0.423. The summed E-state index contributed by atoms with van der Waals surface area (Å²) in [6.07, 6.45) is 5.04. The van der Waals surface area contributed by atoms with Gasteiger partial charge in [-0.3, -0.25) is 4.90 Å². The van der Waals surface area contributed by atoms with Gasteiger partial charge in [0.05, 0.1) is 24.5 Å². The Morgan fingerprint density at radius 1 is 1.08 bits per heavy atom. The van der Waals surface area contributed by atoms with E-state index in [1.54, 1.807) is 24.7 Å². The van der Waals surface area contributed by atoms with Gasteiger partial charge >= 0.3 is 0 Å². The van der Waals surface area contributed by atoms with E-state index in [1.807, 2.05) is 29.0 Å². The van der Waals surface area contributed by atoms with Gasteiger partial charge in [0.2, 0.25) is 5.79 Å². The molecule has 10 heteroatoms. The zero-order valence-corrected chi connectivity index (χ0v) is 21.6. The quantitative estimate of drug-likeness (QED) is 0.451. The molecule has 0 bridgehead atoms. The Hall–Kier alpha value is -2.33. The maximum absolute atomic E-state index is 6.55. The van der Waals surface area contributed by atoms with Crippen LogP contribution in [0.15, 0.2) is 61.2 Å². The van der Waals surface area contributed by atoms with E-state index >= 15 is 0 Å². The third-order valence-corrected chi connectivity index (χ3v) is 7.15. The van der Waals surface area contributed by atoms with Crippen LogP contribution in [0.2, 0.25) is 10.0 Å². The summed E-state index contributed by atoms with van der Waals surface area (Å²) in [5.74, 6) is -0.271. The molecule has 2 unspecified atom stereocenters. The summed E-state index contributed by atoms with van der Waals surface area (Å²) in [5.41, 5.74) is 7.61. The monoisotopic (exact) mass is 531 g/mol. The van der Waals surface area contributed by atoms with Crippen LogP contribution in [-0.2, 0) is 21.8 Å². The molecule has 192 valence electrons. The Bertz CT molecular complexity index is 1120. The van der Waals surface area contributed by atoms with Crippen LogP contribution in [0.25, 0.3) is 0 Å². The number of nitrogens with zero attached hydrogens (tertiary/aromatic N) is 4. The van der Waals surface area contributed by atoms with Crippen LogP contribution < -0.4 is 15.4 Å². The molecule has 3 heterocycles. The SMILES string of the molecule is NCCN1CCN(c2ccc(OCC3COC(Cn4ccnc4)(c4ccc(Cl)cc4Cl)O3)cc2)CC1. The Labute approximate surface area is 221 Å². The van der Waals surface area contributed by atoms with E-state index in [2.05, 4.69) is 26.9 Å². The molecule has 1 aromatic heterocycles. The molecule has 3 aromatic rings. The van der Waals surface area contributed by atoms with Crippen LogP contribution in [0.4, 0.5) is 5.69 Å². The third-order valence-electron chi connectivity index (χ3n) is 6.61. The molecule has 0 amide bonds. The molecule has 5 rings (SSSR count). The molecule has 2 atom stereocenters. The van der Waals surface area contributed by atoms with E-state index in [0.29, 0.717) is 36.3 Å². The molecule has 2 saturated heterocycles. The summed E-state index contributed by atoms with van der Waals surface area (Å²) < 4.78 is 20.7. The molecule has 2 fully saturated rings. The minimum atomic E-state index is -1.06. The van der Waals surface area contributed by atoms with E-state index in [-0.39, 0.29) is 6.10 Å². The number of ether oxygens (including phenoxy) is 3. The highest BCUT2D eigenvalue weighted by Crippen LogP contribution is 2.40. The van der Waals surface area contributed by atoms with Crippen molar-refractivity contribution in [3.63, 3.8) is 0 Å². The molecule has 8 nitrogen and oxygen atoms in total. The van der Waals surface area contributed by atoms with Crippen molar-refractivity contribution in [2.75, 3.05) is 57.4 Å². The van der Waals surface area contributed by atoms with Crippen molar-refractivity contribution in [3.8, 4) is 5.75 Å². The number of hydrogen-bond acceptors (Lipinski definition) is 7. The Morgan fingerprint density at radius 3 is 2.58 bits per heavy atom. The Morgan fingerprint density at radius 2 is 1.89 bits per heavy atom. The molecule has 2 aliphatic rings. The lowest BCUT2D eigenvalue weighted by Crippen LogP contribution is -2.47. The van der Waals surface area contributed by atoms with Gasteiger partial charge in [0.25, 0.3) is 0 Å². The lowest BCUT2D eigenvalue weighted by Gasteiger charge is -2.36. The van der Waals surface area contributed by atoms with Crippen molar-refractivity contribution in [1.82, 2.24) is 14.5 Å². The van der Waals surface area contributed by atoms with Crippen LogP contribution in [0.1, 0.15) is 5.56 Å². The molecular weight excluding hydrogens is 501 g/mol. The summed E-state index contributed by atoms with van der Waals surface area (Å²) in [4.78, 5) is 8.93. The van der Waals surface area contributed by atoms with Crippen LogP contribution in [0, 0.1) is 0 Å². The highest BCUT2D eigenvalue weighted by atomic mass is 35.5. The van der Waals surface area contributed by atoms with E-state index in [1.165, 1.54) is 5.69 Å². The number of hydrogen-bond donors (Lipinski definition) is 1. The van der Waals surface area contributed by atoms with E-state index in [9.17, 15) is 0 Å². The zero-order valence-electron chi connectivity index (χ0n) is 20.1. The standard InChI is InChI=1S/C26H31Cl2N5O3/c27-20-1-6-24(25(28)15-20)26(18-32-10-8-30-19-32)35-17-23(36-26)16-34-22-4-2-21(3-5-22)33-13-11-31(9-7-29)12-14-33/h1-6,8,10,15,19,23H,7,9,11-14,16-18,29H2. The lowest BCUT2D eigenvalue weighted by molar-refractivity contribution is -0.189. The first-order valence-electron chi connectivity index (χ1n) is 12.2. The number of benzene rings is 2. The zero-order chi connectivity index (χ0) is 25.0. The molecule has 0 saturated carbocycles. The molecule has 36 heavy (non-hydrogen) atoms. The molecule has 2 aromatic carbocycles. The first kappa shape index (κ1) is 25.3. The lowest BCUT2D eigenvalue weighted by atomic mass is 10.1. The first-order chi connectivity index (χ1) is 17.5. The maximum Gasteiger partial charge on any atom is 0.215 e. The number of nitrogens with two attached hydrogens (primary N) is 1. The minimum Gasteiger partial charge on any atom is -0.491 e. The van der Waals surface area contributed by atoms with Gasteiger partial charge in [0, 0.05) is 67.9 Å². The summed E-state index contributed by atoms with van der Waals surface area (Å²) >= 11 is 12.7. The summed E-state index contributed by atoms with van der Waals surface area (Å²) in [6.45, 7) is 6.87. The number of halogens is 2. The summed E-state index contributed by atoms with van der Waals surface area (Å²) in [7, 11) is 0. The minimum absolute atomic E-state index is 0.268. The van der Waals surface area contributed by atoms with Crippen molar-refractivity contribution in [1.29, 1.82) is 0 Å². The fourth-order valence-corrected chi connectivity index (χ4v) is 5.28. The first-order valence-corrected chi connectivity index (χ1v) is 12.9. The van der Waals surface area contributed by atoms with Gasteiger partial charge in [-0.15, -0.1) is 0 Å². The van der Waals surface area contributed by atoms with E-state index < -0.39 is 5.79 Å². The normalized spacial score (nSPS) is 22.8. The molecule has 2 aliphatic heterocycles. The second kappa shape index (κ2) is 11.4. The van der Waals surface area contributed by atoms with Crippen molar-refractivity contribution in [3.05, 3.63) is 76.8 Å². The number of rotatable bonds is 9. The van der Waals surface area contributed by atoms with Crippen molar-refractivity contribution in [2.24, 2.45) is 5.73 Å². The van der Waals surface area contributed by atoms with Crippen LogP contribution >= 0.6 is 23.2 Å². The van der Waals surface area contributed by atoms with Gasteiger partial charge < -0.3 is 29.4 Å². The molecular formula is C26H31Cl2N5O3. The second-order valence-electron chi connectivity index (χ2n) is 9.09. The topological polar surface area (TPSA) is 78.0 Å². The summed E-state index contributed by atoms with van der Waals surface area (Å²) in [5, 5.41) is 1.05. The number of anilines is 1. The Kier molecular flexibility index (Phi) is 8.00.